The van der Waals surface area contributed by atoms with Gasteiger partial charge in [0.05, 0.1) is 0 Å². The summed E-state index contributed by atoms with van der Waals surface area (Å²) in [6, 6.07) is 6.83. The molecule has 0 radical (unpaired) electrons. The van der Waals surface area contributed by atoms with E-state index in [1.165, 1.54) is 6.39 Å². The predicted octanol–water partition coefficient (Wildman–Crippen LogP) is 1.24. The highest BCUT2D eigenvalue weighted by molar-refractivity contribution is 5.94. The highest BCUT2D eigenvalue weighted by Gasteiger charge is 2.10. The van der Waals surface area contributed by atoms with Crippen LogP contribution in [0.5, 0.6) is 0 Å². The first-order valence-electron chi connectivity index (χ1n) is 5.99. The number of nitrogens with zero attached hydrogens (tertiary/aromatic N) is 2. The molecule has 0 fully saturated rings. The Morgan fingerprint density at radius 3 is 2.74 bits per heavy atom. The largest absolute Gasteiger partial charge is 0.423 e. The molecule has 2 aromatic rings. The second kappa shape index (κ2) is 6.10. The van der Waals surface area contributed by atoms with Crippen molar-refractivity contribution in [2.24, 2.45) is 0 Å². The maximum Gasteiger partial charge on any atom is 0.251 e. The molecule has 1 aromatic carbocycles. The molecule has 19 heavy (non-hydrogen) atoms. The fourth-order valence-corrected chi connectivity index (χ4v) is 1.64. The van der Waals surface area contributed by atoms with E-state index in [1.807, 2.05) is 6.92 Å². The molecule has 100 valence electrons. The predicted molar refractivity (Wildman–Crippen MR) is 68.4 cm³/mol. The number of carbonyl (C=O) groups is 1. The van der Waals surface area contributed by atoms with E-state index in [4.69, 9.17) is 9.52 Å². The number of hydrogen-bond donors (Lipinski definition) is 2. The highest BCUT2D eigenvalue weighted by Crippen LogP contribution is 2.16. The Morgan fingerprint density at radius 1 is 1.42 bits per heavy atom. The Labute approximate surface area is 110 Å². The third kappa shape index (κ3) is 3.38. The molecule has 6 nitrogen and oxygen atoms in total. The molecule has 1 atom stereocenters. The molecule has 0 bridgehead atoms. The van der Waals surface area contributed by atoms with E-state index >= 15 is 0 Å². The molecular formula is C13H15N3O3. The van der Waals surface area contributed by atoms with Crippen LogP contribution in [0.1, 0.15) is 23.7 Å². The van der Waals surface area contributed by atoms with Crippen LogP contribution in [0.3, 0.4) is 0 Å². The van der Waals surface area contributed by atoms with Crippen molar-refractivity contribution in [1.82, 2.24) is 15.5 Å². The Hall–Kier alpha value is -2.21. The Kier molecular flexibility index (Phi) is 4.25. The summed E-state index contributed by atoms with van der Waals surface area (Å²) in [6.45, 7) is 1.90. The van der Waals surface area contributed by atoms with Crippen molar-refractivity contribution in [2.75, 3.05) is 6.61 Å². The molecule has 2 rings (SSSR count). The molecule has 1 heterocycles. The van der Waals surface area contributed by atoms with Crippen LogP contribution in [0, 0.1) is 0 Å². The zero-order valence-corrected chi connectivity index (χ0v) is 10.5. The molecule has 0 saturated heterocycles. The fourth-order valence-electron chi connectivity index (χ4n) is 1.64. The number of benzene rings is 1. The van der Waals surface area contributed by atoms with Gasteiger partial charge in [-0.15, -0.1) is 10.2 Å². The average molecular weight is 261 g/mol. The third-order valence-corrected chi connectivity index (χ3v) is 2.69. The molecule has 2 N–H and O–H groups in total. The van der Waals surface area contributed by atoms with Crippen LogP contribution < -0.4 is 5.32 Å². The van der Waals surface area contributed by atoms with Gasteiger partial charge in [0.25, 0.3) is 5.91 Å². The monoisotopic (exact) mass is 261 g/mol. The van der Waals surface area contributed by atoms with Gasteiger partial charge in [-0.2, -0.15) is 0 Å². The summed E-state index contributed by atoms with van der Waals surface area (Å²) in [6.07, 6.45) is 1.79. The number of carbonyl (C=O) groups excluding carboxylic acids is 1. The average Bonchev–Trinajstić information content (AvgIpc) is 2.93. The van der Waals surface area contributed by atoms with E-state index in [2.05, 4.69) is 15.5 Å². The minimum atomic E-state index is -0.168. The SMILES string of the molecule is CC(CCO)NC(=O)c1ccc(-c2nnco2)cc1. The number of nitrogens with one attached hydrogen (secondary N) is 1. The van der Waals surface area contributed by atoms with Crippen molar-refractivity contribution in [2.45, 2.75) is 19.4 Å². The van der Waals surface area contributed by atoms with E-state index < -0.39 is 0 Å². The van der Waals surface area contributed by atoms with Crippen LogP contribution in [-0.2, 0) is 0 Å². The summed E-state index contributed by atoms with van der Waals surface area (Å²) in [7, 11) is 0. The molecule has 0 saturated carbocycles. The van der Waals surface area contributed by atoms with Gasteiger partial charge in [-0.3, -0.25) is 4.79 Å². The van der Waals surface area contributed by atoms with E-state index in [0.29, 0.717) is 17.9 Å². The second-order valence-corrected chi connectivity index (χ2v) is 4.21. The van der Waals surface area contributed by atoms with E-state index in [9.17, 15) is 4.79 Å². The van der Waals surface area contributed by atoms with Crippen LogP contribution in [0.2, 0.25) is 0 Å². The van der Waals surface area contributed by atoms with E-state index in [0.717, 1.165) is 5.56 Å². The van der Waals surface area contributed by atoms with Crippen LogP contribution in [0.25, 0.3) is 11.5 Å². The zero-order valence-electron chi connectivity index (χ0n) is 10.5. The normalized spacial score (nSPS) is 12.1. The molecule has 1 aromatic heterocycles. The lowest BCUT2D eigenvalue weighted by Crippen LogP contribution is -2.33. The van der Waals surface area contributed by atoms with Crippen LogP contribution in [-0.4, -0.2) is 33.9 Å². The molecule has 1 amide bonds. The number of rotatable bonds is 5. The van der Waals surface area contributed by atoms with Gasteiger partial charge in [0.1, 0.15) is 0 Å². The van der Waals surface area contributed by atoms with E-state index in [1.54, 1.807) is 24.3 Å². The maximum absolute atomic E-state index is 11.9. The van der Waals surface area contributed by atoms with Crippen molar-refractivity contribution in [3.05, 3.63) is 36.2 Å². The first-order chi connectivity index (χ1) is 9.20. The van der Waals surface area contributed by atoms with Gasteiger partial charge in [0.15, 0.2) is 0 Å². The molecule has 0 aliphatic heterocycles. The standard InChI is InChI=1S/C13H15N3O3/c1-9(6-7-17)15-12(18)10-2-4-11(5-3-10)13-16-14-8-19-13/h2-5,8-9,17H,6-7H2,1H3,(H,15,18). The third-order valence-electron chi connectivity index (χ3n) is 2.69. The van der Waals surface area contributed by atoms with Gasteiger partial charge in [0, 0.05) is 23.8 Å². The van der Waals surface area contributed by atoms with Crippen LogP contribution in [0.15, 0.2) is 35.1 Å². The van der Waals surface area contributed by atoms with Gasteiger partial charge in [0.2, 0.25) is 12.3 Å². The quantitative estimate of drug-likeness (QED) is 0.845. The first kappa shape index (κ1) is 13.2. The minimum Gasteiger partial charge on any atom is -0.423 e. The van der Waals surface area contributed by atoms with Gasteiger partial charge in [-0.05, 0) is 37.6 Å². The molecular weight excluding hydrogens is 246 g/mol. The molecule has 0 aliphatic carbocycles. The number of aliphatic hydroxyl groups is 1. The first-order valence-corrected chi connectivity index (χ1v) is 5.99. The molecule has 0 spiro atoms. The van der Waals surface area contributed by atoms with Gasteiger partial charge < -0.3 is 14.8 Å². The minimum absolute atomic E-state index is 0.0531. The summed E-state index contributed by atoms with van der Waals surface area (Å²) in [5.74, 6) is 0.249. The van der Waals surface area contributed by atoms with Crippen molar-refractivity contribution < 1.29 is 14.3 Å². The van der Waals surface area contributed by atoms with Crippen LogP contribution >= 0.6 is 0 Å². The maximum atomic E-state index is 11.9. The summed E-state index contributed by atoms with van der Waals surface area (Å²) < 4.78 is 5.07. The highest BCUT2D eigenvalue weighted by atomic mass is 16.4. The summed E-state index contributed by atoms with van der Waals surface area (Å²) >= 11 is 0. The van der Waals surface area contributed by atoms with Gasteiger partial charge in [-0.1, -0.05) is 0 Å². The van der Waals surface area contributed by atoms with Crippen molar-refractivity contribution in [3.63, 3.8) is 0 Å². The summed E-state index contributed by atoms with van der Waals surface area (Å²) in [4.78, 5) is 11.9. The fraction of sp³-hybridized carbons (Fsp3) is 0.308. The summed E-state index contributed by atoms with van der Waals surface area (Å²) in [5.41, 5.74) is 1.31. The van der Waals surface area contributed by atoms with Crippen molar-refractivity contribution >= 4 is 5.91 Å². The molecule has 0 aliphatic rings. The summed E-state index contributed by atoms with van der Waals surface area (Å²) in [5, 5.41) is 19.0. The van der Waals surface area contributed by atoms with Crippen molar-refractivity contribution in [3.8, 4) is 11.5 Å². The Bertz CT molecular complexity index is 523. The second-order valence-electron chi connectivity index (χ2n) is 4.21. The smallest absolute Gasteiger partial charge is 0.251 e. The van der Waals surface area contributed by atoms with Gasteiger partial charge >= 0.3 is 0 Å². The van der Waals surface area contributed by atoms with E-state index in [-0.39, 0.29) is 18.6 Å². The lowest BCUT2D eigenvalue weighted by atomic mass is 10.1. The lowest BCUT2D eigenvalue weighted by Gasteiger charge is -2.12. The molecule has 1 unspecified atom stereocenters. The zero-order chi connectivity index (χ0) is 13.7. The number of hydrogen-bond acceptors (Lipinski definition) is 5. The Balaban J connectivity index is 2.04. The lowest BCUT2D eigenvalue weighted by molar-refractivity contribution is 0.0934. The van der Waals surface area contributed by atoms with Gasteiger partial charge in [-0.25, -0.2) is 0 Å². The number of aliphatic hydroxyl groups excluding tert-OH is 1. The van der Waals surface area contributed by atoms with Crippen LogP contribution in [0.4, 0.5) is 0 Å². The van der Waals surface area contributed by atoms with Crippen molar-refractivity contribution in [1.29, 1.82) is 0 Å². The number of aromatic nitrogens is 2. The topological polar surface area (TPSA) is 88.2 Å². The number of amides is 1. The molecule has 6 heteroatoms. The Morgan fingerprint density at radius 2 is 2.16 bits per heavy atom.